The lowest BCUT2D eigenvalue weighted by atomic mass is 10.2. The zero-order valence-electron chi connectivity index (χ0n) is 14.4. The molecule has 7 nitrogen and oxygen atoms in total. The maximum atomic E-state index is 12.2. The van der Waals surface area contributed by atoms with E-state index in [0.717, 1.165) is 18.7 Å². The number of para-hydroxylation sites is 1. The number of hydrogen-bond acceptors (Lipinski definition) is 6. The molecule has 0 spiro atoms. The van der Waals surface area contributed by atoms with Crippen LogP contribution in [0.5, 0.6) is 0 Å². The lowest BCUT2D eigenvalue weighted by molar-refractivity contribution is 0.0702. The second-order valence-electron chi connectivity index (χ2n) is 6.06. The molecule has 0 atom stereocenters. The summed E-state index contributed by atoms with van der Waals surface area (Å²) in [5.74, 6) is -0.895. The van der Waals surface area contributed by atoms with Gasteiger partial charge in [0.05, 0.1) is 5.69 Å². The van der Waals surface area contributed by atoms with Crippen LogP contribution in [0.1, 0.15) is 15.2 Å². The number of piperazine rings is 1. The van der Waals surface area contributed by atoms with Gasteiger partial charge in [0.25, 0.3) is 0 Å². The van der Waals surface area contributed by atoms with Crippen LogP contribution in [-0.4, -0.2) is 57.6 Å². The minimum Gasteiger partial charge on any atom is -0.477 e. The first-order valence-corrected chi connectivity index (χ1v) is 10.6. The zero-order chi connectivity index (χ0) is 18.7. The zero-order valence-corrected chi connectivity index (χ0v) is 16.0. The number of sulfonamides is 1. The number of carbonyl (C=O) groups is 1. The number of rotatable bonds is 6. The molecule has 2 aromatic rings. The van der Waals surface area contributed by atoms with E-state index in [1.807, 2.05) is 17.5 Å². The van der Waals surface area contributed by atoms with Crippen LogP contribution in [0.4, 0.5) is 5.69 Å². The summed E-state index contributed by atoms with van der Waals surface area (Å²) >= 11 is 1.24. The van der Waals surface area contributed by atoms with E-state index < -0.39 is 16.0 Å². The molecular formula is C17H21N3O4S2. The Morgan fingerprint density at radius 1 is 1.23 bits per heavy atom. The molecule has 1 saturated heterocycles. The molecule has 1 aliphatic rings. The molecule has 2 heterocycles. The number of hydrogen-bond donors (Lipinski definition) is 2. The van der Waals surface area contributed by atoms with Crippen molar-refractivity contribution in [3.63, 3.8) is 0 Å². The predicted octanol–water partition coefficient (Wildman–Crippen LogP) is 1.68. The molecule has 1 aliphatic heterocycles. The summed E-state index contributed by atoms with van der Waals surface area (Å²) in [4.78, 5) is 16.0. The van der Waals surface area contributed by atoms with Crippen LogP contribution in [0.2, 0.25) is 0 Å². The Morgan fingerprint density at radius 3 is 2.54 bits per heavy atom. The van der Waals surface area contributed by atoms with Gasteiger partial charge in [-0.05, 0) is 36.2 Å². The molecule has 1 aromatic heterocycles. The third kappa shape index (κ3) is 4.07. The van der Waals surface area contributed by atoms with E-state index in [0.29, 0.717) is 35.1 Å². The first-order chi connectivity index (χ1) is 12.4. The van der Waals surface area contributed by atoms with Gasteiger partial charge in [0.2, 0.25) is 10.0 Å². The fourth-order valence-electron chi connectivity index (χ4n) is 3.03. The number of thiophene rings is 1. The van der Waals surface area contributed by atoms with E-state index in [-0.39, 0.29) is 0 Å². The van der Waals surface area contributed by atoms with Gasteiger partial charge in [0.15, 0.2) is 0 Å². The standard InChI is InChI=1S/C17H21N3O4S2/c1-18-26(23,24)16-5-3-2-4-14(16)20-8-6-19(7-9-20)11-13-10-15(17(21)22)25-12-13/h2-5,10,12,18H,6-9,11H2,1H3,(H,21,22). The first-order valence-electron chi connectivity index (χ1n) is 8.21. The van der Waals surface area contributed by atoms with Crippen molar-refractivity contribution in [3.05, 3.63) is 46.2 Å². The van der Waals surface area contributed by atoms with E-state index in [1.54, 1.807) is 18.2 Å². The van der Waals surface area contributed by atoms with Crippen molar-refractivity contribution in [2.45, 2.75) is 11.4 Å². The van der Waals surface area contributed by atoms with Crippen LogP contribution in [0, 0.1) is 0 Å². The van der Waals surface area contributed by atoms with Gasteiger partial charge in [-0.2, -0.15) is 0 Å². The van der Waals surface area contributed by atoms with Gasteiger partial charge in [-0.1, -0.05) is 12.1 Å². The summed E-state index contributed by atoms with van der Waals surface area (Å²) in [7, 11) is -2.09. The molecule has 0 radical (unpaired) electrons. The number of anilines is 1. The largest absolute Gasteiger partial charge is 0.477 e. The van der Waals surface area contributed by atoms with Crippen molar-refractivity contribution in [2.75, 3.05) is 38.1 Å². The topological polar surface area (TPSA) is 90.0 Å². The van der Waals surface area contributed by atoms with E-state index in [9.17, 15) is 13.2 Å². The van der Waals surface area contributed by atoms with Crippen LogP contribution in [-0.2, 0) is 16.6 Å². The number of carboxylic acids is 1. The Bertz CT molecular complexity index is 887. The molecule has 26 heavy (non-hydrogen) atoms. The predicted molar refractivity (Wildman–Crippen MR) is 101 cm³/mol. The minimum absolute atomic E-state index is 0.292. The minimum atomic E-state index is -3.51. The molecule has 0 unspecified atom stereocenters. The van der Waals surface area contributed by atoms with Crippen molar-refractivity contribution in [1.29, 1.82) is 0 Å². The van der Waals surface area contributed by atoms with Crippen LogP contribution in [0.25, 0.3) is 0 Å². The van der Waals surface area contributed by atoms with Gasteiger partial charge in [-0.25, -0.2) is 17.9 Å². The smallest absolute Gasteiger partial charge is 0.345 e. The maximum Gasteiger partial charge on any atom is 0.345 e. The highest BCUT2D eigenvalue weighted by Gasteiger charge is 2.24. The number of benzene rings is 1. The monoisotopic (exact) mass is 395 g/mol. The first kappa shape index (κ1) is 18.8. The number of carboxylic acid groups (broad SMARTS) is 1. The lowest BCUT2D eigenvalue weighted by Crippen LogP contribution is -2.46. The number of nitrogens with one attached hydrogen (secondary N) is 1. The molecule has 1 fully saturated rings. The molecule has 0 aliphatic carbocycles. The van der Waals surface area contributed by atoms with E-state index in [4.69, 9.17) is 5.11 Å². The summed E-state index contributed by atoms with van der Waals surface area (Å²) in [6.07, 6.45) is 0. The normalized spacial score (nSPS) is 16.0. The van der Waals surface area contributed by atoms with E-state index in [1.165, 1.54) is 18.4 Å². The Morgan fingerprint density at radius 2 is 1.92 bits per heavy atom. The fourth-order valence-corrected chi connectivity index (χ4v) is 4.72. The Labute approximate surface area is 156 Å². The van der Waals surface area contributed by atoms with Crippen molar-refractivity contribution < 1.29 is 18.3 Å². The summed E-state index contributed by atoms with van der Waals surface area (Å²) in [6, 6.07) is 8.73. The molecule has 0 saturated carbocycles. The molecule has 0 amide bonds. The van der Waals surface area contributed by atoms with Gasteiger partial charge in [0, 0.05) is 32.7 Å². The van der Waals surface area contributed by atoms with Crippen molar-refractivity contribution >= 4 is 33.0 Å². The number of aromatic carboxylic acids is 1. The Kier molecular flexibility index (Phi) is 5.61. The van der Waals surface area contributed by atoms with Gasteiger partial charge >= 0.3 is 5.97 Å². The summed E-state index contributed by atoms with van der Waals surface area (Å²) in [5.41, 5.74) is 1.71. The average Bonchev–Trinajstić information content (AvgIpc) is 3.11. The summed E-state index contributed by atoms with van der Waals surface area (Å²) < 4.78 is 26.8. The Hall–Kier alpha value is -1.94. The molecule has 1 aromatic carbocycles. The average molecular weight is 396 g/mol. The van der Waals surface area contributed by atoms with Gasteiger partial charge in [0.1, 0.15) is 9.77 Å². The third-order valence-corrected chi connectivity index (χ3v) is 6.84. The van der Waals surface area contributed by atoms with E-state index >= 15 is 0 Å². The molecule has 0 bridgehead atoms. The van der Waals surface area contributed by atoms with Gasteiger partial charge < -0.3 is 10.0 Å². The fraction of sp³-hybridized carbons (Fsp3) is 0.353. The van der Waals surface area contributed by atoms with Crippen LogP contribution in [0.15, 0.2) is 40.6 Å². The third-order valence-electron chi connectivity index (χ3n) is 4.41. The Balaban J connectivity index is 1.66. The van der Waals surface area contributed by atoms with Gasteiger partial charge in [-0.3, -0.25) is 4.90 Å². The second kappa shape index (κ2) is 7.75. The lowest BCUT2D eigenvalue weighted by Gasteiger charge is -2.36. The van der Waals surface area contributed by atoms with Crippen LogP contribution in [0.3, 0.4) is 0 Å². The molecule has 9 heteroatoms. The summed E-state index contributed by atoms with van der Waals surface area (Å²) in [5, 5.41) is 10.9. The van der Waals surface area contributed by atoms with Crippen LogP contribution < -0.4 is 9.62 Å². The van der Waals surface area contributed by atoms with Crippen molar-refractivity contribution in [3.8, 4) is 0 Å². The van der Waals surface area contributed by atoms with E-state index in [2.05, 4.69) is 14.5 Å². The highest BCUT2D eigenvalue weighted by molar-refractivity contribution is 7.89. The maximum absolute atomic E-state index is 12.2. The SMILES string of the molecule is CNS(=O)(=O)c1ccccc1N1CCN(Cc2csc(C(=O)O)c2)CC1. The van der Waals surface area contributed by atoms with Crippen molar-refractivity contribution in [1.82, 2.24) is 9.62 Å². The van der Waals surface area contributed by atoms with Gasteiger partial charge in [-0.15, -0.1) is 11.3 Å². The molecule has 140 valence electrons. The highest BCUT2D eigenvalue weighted by Crippen LogP contribution is 2.26. The molecule has 3 rings (SSSR count). The second-order valence-corrected chi connectivity index (χ2v) is 8.83. The highest BCUT2D eigenvalue weighted by atomic mass is 32.2. The molecule has 2 N–H and O–H groups in total. The van der Waals surface area contributed by atoms with Crippen LogP contribution >= 0.6 is 11.3 Å². The van der Waals surface area contributed by atoms with Crippen molar-refractivity contribution in [2.24, 2.45) is 0 Å². The quantitative estimate of drug-likeness (QED) is 0.773. The molecular weight excluding hydrogens is 374 g/mol. The summed E-state index contributed by atoms with van der Waals surface area (Å²) in [6.45, 7) is 3.70. The number of nitrogens with zero attached hydrogens (tertiary/aromatic N) is 2.